The van der Waals surface area contributed by atoms with E-state index in [1.54, 1.807) is 30.5 Å². The summed E-state index contributed by atoms with van der Waals surface area (Å²) in [6.07, 6.45) is 2.42. The molecule has 0 saturated carbocycles. The van der Waals surface area contributed by atoms with Crippen molar-refractivity contribution in [3.8, 4) is 0 Å². The highest BCUT2D eigenvalue weighted by atomic mass is 32.2. The van der Waals surface area contributed by atoms with E-state index in [9.17, 15) is 9.00 Å². The molecule has 0 aliphatic rings. The molecule has 0 aliphatic heterocycles. The van der Waals surface area contributed by atoms with Crippen molar-refractivity contribution < 1.29 is 14.1 Å². The molecule has 17 heavy (non-hydrogen) atoms. The van der Waals surface area contributed by atoms with E-state index >= 15 is 0 Å². The second-order valence-electron chi connectivity index (χ2n) is 3.88. The lowest BCUT2D eigenvalue weighted by molar-refractivity contribution is 0.0698. The molecule has 5 heteroatoms. The van der Waals surface area contributed by atoms with E-state index in [2.05, 4.69) is 5.32 Å². The van der Waals surface area contributed by atoms with Gasteiger partial charge in [0.25, 0.3) is 0 Å². The van der Waals surface area contributed by atoms with E-state index < -0.39 is 16.8 Å². The van der Waals surface area contributed by atoms with E-state index in [0.717, 1.165) is 6.42 Å². The molecule has 0 aliphatic carbocycles. The highest BCUT2D eigenvalue weighted by molar-refractivity contribution is 7.84. The van der Waals surface area contributed by atoms with Gasteiger partial charge >= 0.3 is 5.97 Å². The smallest absolute Gasteiger partial charge is 0.337 e. The maximum absolute atomic E-state index is 11.2. The maximum atomic E-state index is 11.2. The van der Waals surface area contributed by atoms with Gasteiger partial charge in [-0.05, 0) is 18.6 Å². The van der Waals surface area contributed by atoms with Crippen molar-refractivity contribution in [2.45, 2.75) is 18.6 Å². The van der Waals surface area contributed by atoms with Gasteiger partial charge in [0, 0.05) is 34.5 Å². The summed E-state index contributed by atoms with van der Waals surface area (Å²) >= 11 is 0. The number of carbonyl (C=O) groups is 1. The lowest BCUT2D eigenvalue weighted by atomic mass is 10.2. The second-order valence-corrected chi connectivity index (χ2v) is 5.68. The summed E-state index contributed by atoms with van der Waals surface area (Å²) in [5.74, 6) is -0.944. The Morgan fingerprint density at radius 1 is 1.47 bits per heavy atom. The van der Waals surface area contributed by atoms with Gasteiger partial charge in [-0.2, -0.15) is 0 Å². The van der Waals surface area contributed by atoms with Gasteiger partial charge in [-0.3, -0.25) is 4.21 Å². The van der Waals surface area contributed by atoms with Crippen LogP contribution < -0.4 is 5.32 Å². The largest absolute Gasteiger partial charge is 0.478 e. The molecule has 0 fully saturated rings. The molecule has 1 aromatic rings. The number of hydrogen-bond acceptors (Lipinski definition) is 3. The molecule has 0 heterocycles. The first-order valence-corrected chi connectivity index (χ1v) is 7.03. The first kappa shape index (κ1) is 13.7. The molecule has 4 nitrogen and oxygen atoms in total. The van der Waals surface area contributed by atoms with Crippen molar-refractivity contribution in [2.75, 3.05) is 18.1 Å². The van der Waals surface area contributed by atoms with Crippen molar-refractivity contribution in [3.63, 3.8) is 0 Å². The van der Waals surface area contributed by atoms with Crippen LogP contribution in [0.5, 0.6) is 0 Å². The standard InChI is InChI=1S/C12H17NO3S/c1-9(17(2)16)7-8-13-11-6-4-3-5-10(11)12(14)15/h3-6,9,13H,7-8H2,1-2H3,(H,14,15). The molecule has 2 N–H and O–H groups in total. The monoisotopic (exact) mass is 255 g/mol. The summed E-state index contributed by atoms with van der Waals surface area (Å²) < 4.78 is 11.2. The summed E-state index contributed by atoms with van der Waals surface area (Å²) in [4.78, 5) is 10.9. The van der Waals surface area contributed by atoms with Crippen molar-refractivity contribution in [1.29, 1.82) is 0 Å². The summed E-state index contributed by atoms with van der Waals surface area (Å²) in [5, 5.41) is 12.1. The zero-order chi connectivity index (χ0) is 12.8. The van der Waals surface area contributed by atoms with Crippen LogP contribution in [0.15, 0.2) is 24.3 Å². The first-order chi connectivity index (χ1) is 8.02. The molecular weight excluding hydrogens is 238 g/mol. The number of benzene rings is 1. The van der Waals surface area contributed by atoms with Gasteiger partial charge in [-0.1, -0.05) is 19.1 Å². The first-order valence-electron chi connectivity index (χ1n) is 5.40. The molecule has 1 aromatic carbocycles. The summed E-state index contributed by atoms with van der Waals surface area (Å²) in [6.45, 7) is 2.53. The van der Waals surface area contributed by atoms with Crippen LogP contribution in [0.25, 0.3) is 0 Å². The van der Waals surface area contributed by atoms with Crippen LogP contribution in [-0.4, -0.2) is 33.3 Å². The minimum absolute atomic E-state index is 0.111. The Bertz CT molecular complexity index is 420. The third kappa shape index (κ3) is 4.19. The average molecular weight is 255 g/mol. The lowest BCUT2D eigenvalue weighted by Gasteiger charge is -2.11. The van der Waals surface area contributed by atoms with Crippen LogP contribution in [-0.2, 0) is 10.8 Å². The number of carboxylic acids is 1. The Kier molecular flexibility index (Phi) is 5.15. The highest BCUT2D eigenvalue weighted by Crippen LogP contribution is 2.15. The molecule has 0 saturated heterocycles. The summed E-state index contributed by atoms with van der Waals surface area (Å²) in [6, 6.07) is 6.78. The Labute approximate surface area is 104 Å². The molecule has 94 valence electrons. The molecule has 0 spiro atoms. The predicted octanol–water partition coefficient (Wildman–Crippen LogP) is 1.95. The van der Waals surface area contributed by atoms with Crippen molar-refractivity contribution in [2.24, 2.45) is 0 Å². The van der Waals surface area contributed by atoms with E-state index in [-0.39, 0.29) is 10.8 Å². The molecule has 0 radical (unpaired) electrons. The zero-order valence-corrected chi connectivity index (χ0v) is 10.8. The molecule has 1 rings (SSSR count). The van der Waals surface area contributed by atoms with Gasteiger partial charge < -0.3 is 10.4 Å². The van der Waals surface area contributed by atoms with Crippen LogP contribution in [0.2, 0.25) is 0 Å². The molecule has 0 bridgehead atoms. The molecule has 2 unspecified atom stereocenters. The third-order valence-corrected chi connectivity index (χ3v) is 3.96. The Morgan fingerprint density at radius 3 is 2.71 bits per heavy atom. The van der Waals surface area contributed by atoms with Gasteiger partial charge in [0.2, 0.25) is 0 Å². The van der Waals surface area contributed by atoms with E-state index in [1.165, 1.54) is 0 Å². The number of aromatic carboxylic acids is 1. The van der Waals surface area contributed by atoms with Crippen LogP contribution in [0.3, 0.4) is 0 Å². The lowest BCUT2D eigenvalue weighted by Crippen LogP contribution is -2.16. The molecule has 0 amide bonds. The van der Waals surface area contributed by atoms with Crippen LogP contribution in [0.4, 0.5) is 5.69 Å². The quantitative estimate of drug-likeness (QED) is 0.815. The van der Waals surface area contributed by atoms with Crippen LogP contribution >= 0.6 is 0 Å². The van der Waals surface area contributed by atoms with Crippen molar-refractivity contribution in [3.05, 3.63) is 29.8 Å². The van der Waals surface area contributed by atoms with E-state index in [4.69, 9.17) is 5.11 Å². The van der Waals surface area contributed by atoms with E-state index in [1.807, 2.05) is 6.92 Å². The maximum Gasteiger partial charge on any atom is 0.337 e. The number of hydrogen-bond donors (Lipinski definition) is 2. The fourth-order valence-corrected chi connectivity index (χ4v) is 1.85. The molecular formula is C12H17NO3S. The van der Waals surface area contributed by atoms with Crippen molar-refractivity contribution >= 4 is 22.5 Å². The van der Waals surface area contributed by atoms with Gasteiger partial charge in [-0.15, -0.1) is 0 Å². The van der Waals surface area contributed by atoms with Crippen LogP contribution in [0, 0.1) is 0 Å². The third-order valence-electron chi connectivity index (χ3n) is 2.59. The fraction of sp³-hybridized carbons (Fsp3) is 0.417. The summed E-state index contributed by atoms with van der Waals surface area (Å²) in [5.41, 5.74) is 0.867. The van der Waals surface area contributed by atoms with Gasteiger partial charge in [0.05, 0.1) is 5.56 Å². The minimum Gasteiger partial charge on any atom is -0.478 e. The summed E-state index contributed by atoms with van der Waals surface area (Å²) in [7, 11) is -0.839. The zero-order valence-electron chi connectivity index (χ0n) is 9.97. The van der Waals surface area contributed by atoms with Gasteiger partial charge in [-0.25, -0.2) is 4.79 Å². The minimum atomic E-state index is -0.944. The SMILES string of the molecule is CC(CCNc1ccccc1C(=O)O)S(C)=O. The molecule has 2 atom stereocenters. The number of carboxylic acid groups (broad SMARTS) is 1. The molecule has 0 aromatic heterocycles. The van der Waals surface area contributed by atoms with Crippen LogP contribution in [0.1, 0.15) is 23.7 Å². The van der Waals surface area contributed by atoms with E-state index in [0.29, 0.717) is 12.2 Å². The average Bonchev–Trinajstić information content (AvgIpc) is 2.29. The number of rotatable bonds is 6. The number of nitrogens with one attached hydrogen (secondary N) is 1. The van der Waals surface area contributed by atoms with Gasteiger partial charge in [0.15, 0.2) is 0 Å². The number of anilines is 1. The van der Waals surface area contributed by atoms with Gasteiger partial charge in [0.1, 0.15) is 0 Å². The predicted molar refractivity (Wildman–Crippen MR) is 70.0 cm³/mol. The Morgan fingerprint density at radius 2 is 2.12 bits per heavy atom. The number of para-hydroxylation sites is 1. The Hall–Kier alpha value is -1.36. The highest BCUT2D eigenvalue weighted by Gasteiger charge is 2.09. The topological polar surface area (TPSA) is 66.4 Å². The second kappa shape index (κ2) is 6.39. The fourth-order valence-electron chi connectivity index (χ4n) is 1.40. The Balaban J connectivity index is 2.58. The van der Waals surface area contributed by atoms with Crippen molar-refractivity contribution in [1.82, 2.24) is 0 Å². The normalized spacial score (nSPS) is 14.0.